The third-order valence-corrected chi connectivity index (χ3v) is 4.97. The van der Waals surface area contributed by atoms with E-state index in [1.807, 2.05) is 0 Å². The Hall–Kier alpha value is -1.38. The number of aliphatic hydroxyl groups excluding tert-OH is 4. The number of aliphatic hydroxyl groups is 4. The van der Waals surface area contributed by atoms with Crippen LogP contribution in [0.3, 0.4) is 0 Å². The Morgan fingerprint density at radius 3 is 1.46 bits per heavy atom. The molecule has 0 aromatic rings. The van der Waals surface area contributed by atoms with E-state index in [4.69, 9.17) is 18.9 Å². The highest BCUT2D eigenvalue weighted by molar-refractivity contribution is 5.73. The minimum Gasteiger partial charge on any atom is -0.388 e. The predicted octanol–water partition coefficient (Wildman–Crippen LogP) is -4.06. The van der Waals surface area contributed by atoms with E-state index in [1.54, 1.807) is 0 Å². The number of fused-ring (bicyclic) bond motifs is 4. The molecule has 3 heterocycles. The summed E-state index contributed by atoms with van der Waals surface area (Å²) in [5, 5.41) is 46.3. The molecule has 0 radical (unpaired) electrons. The Morgan fingerprint density at radius 2 is 1.11 bits per heavy atom. The topological polar surface area (TPSA) is 176 Å². The molecule has 0 aromatic heterocycles. The van der Waals surface area contributed by atoms with Crippen LogP contribution in [0.5, 0.6) is 0 Å². The van der Waals surface area contributed by atoms with E-state index in [0.29, 0.717) is 0 Å². The van der Waals surface area contributed by atoms with Crippen molar-refractivity contribution in [3.8, 4) is 0 Å². The first-order chi connectivity index (χ1) is 13.2. The number of carbonyl (C=O) groups excluding carboxylic acids is 2. The van der Waals surface area contributed by atoms with Gasteiger partial charge >= 0.3 is 0 Å². The summed E-state index contributed by atoms with van der Waals surface area (Å²) in [6, 6.07) is -2.29. The van der Waals surface area contributed by atoms with Crippen LogP contribution in [0.1, 0.15) is 13.8 Å². The van der Waals surface area contributed by atoms with Gasteiger partial charge in [-0.25, -0.2) is 0 Å². The van der Waals surface area contributed by atoms with E-state index in [1.165, 1.54) is 13.8 Å². The first kappa shape index (κ1) is 21.3. The second-order valence-corrected chi connectivity index (χ2v) is 7.17. The zero-order chi connectivity index (χ0) is 20.6. The van der Waals surface area contributed by atoms with Crippen molar-refractivity contribution in [1.29, 1.82) is 0 Å². The van der Waals surface area contributed by atoms with Gasteiger partial charge in [0.05, 0.1) is 13.2 Å². The molecule has 0 unspecified atom stereocenters. The average molecular weight is 406 g/mol. The molecule has 3 rings (SSSR count). The molecule has 160 valence electrons. The van der Waals surface area contributed by atoms with Crippen molar-refractivity contribution in [3.05, 3.63) is 0 Å². The van der Waals surface area contributed by atoms with Crippen LogP contribution < -0.4 is 10.6 Å². The molecule has 6 N–H and O–H groups in total. The Balaban J connectivity index is 1.89. The van der Waals surface area contributed by atoms with Crippen molar-refractivity contribution in [1.82, 2.24) is 10.6 Å². The summed E-state index contributed by atoms with van der Waals surface area (Å²) in [7, 11) is 0. The maximum absolute atomic E-state index is 11.5. The molecular weight excluding hydrogens is 380 g/mol. The molecule has 12 nitrogen and oxygen atoms in total. The minimum absolute atomic E-state index is 0.145. The first-order valence-electron chi connectivity index (χ1n) is 8.99. The van der Waals surface area contributed by atoms with Crippen molar-refractivity contribution in [2.45, 2.75) is 75.1 Å². The Kier molecular flexibility index (Phi) is 6.51. The molecule has 2 amide bonds. The second kappa shape index (κ2) is 8.55. The number of hydrogen-bond acceptors (Lipinski definition) is 10. The molecule has 12 heteroatoms. The summed E-state index contributed by atoms with van der Waals surface area (Å²) in [6.07, 6.45) is -10.1. The lowest BCUT2D eigenvalue weighted by Gasteiger charge is -2.48. The maximum atomic E-state index is 11.5. The Bertz CT molecular complexity index is 544. The Morgan fingerprint density at radius 1 is 0.714 bits per heavy atom. The second-order valence-electron chi connectivity index (χ2n) is 7.17. The molecular formula is C16H26N2O10. The van der Waals surface area contributed by atoms with E-state index in [0.717, 1.165) is 0 Å². The SMILES string of the molecule is CC(=O)N[C@H]1[C@@H]2O[C@@H]3O[C@H](COC[C@@H](O2)[C@@H](O)[C@@H]1O)[C@@H](O)[C@H](O)[C@H]3NC(C)=O. The van der Waals surface area contributed by atoms with Crippen LogP contribution in [0, 0.1) is 0 Å². The van der Waals surface area contributed by atoms with Gasteiger partial charge in [-0.15, -0.1) is 0 Å². The molecule has 4 bridgehead atoms. The van der Waals surface area contributed by atoms with Gasteiger partial charge in [0, 0.05) is 13.8 Å². The quantitative estimate of drug-likeness (QED) is 0.264. The fourth-order valence-corrected chi connectivity index (χ4v) is 3.58. The molecule has 0 aliphatic carbocycles. The van der Waals surface area contributed by atoms with Crippen LogP contribution in [0.4, 0.5) is 0 Å². The van der Waals surface area contributed by atoms with Crippen molar-refractivity contribution in [2.24, 2.45) is 0 Å². The highest BCUT2D eigenvalue weighted by Crippen LogP contribution is 2.30. The molecule has 28 heavy (non-hydrogen) atoms. The number of hydrogen-bond donors (Lipinski definition) is 6. The van der Waals surface area contributed by atoms with Crippen molar-refractivity contribution < 1.29 is 49.0 Å². The fraction of sp³-hybridized carbons (Fsp3) is 0.875. The van der Waals surface area contributed by atoms with Crippen LogP contribution in [0.2, 0.25) is 0 Å². The highest BCUT2D eigenvalue weighted by atomic mass is 16.8. The molecule has 10 atom stereocenters. The van der Waals surface area contributed by atoms with Crippen molar-refractivity contribution >= 4 is 11.8 Å². The Labute approximate surface area is 160 Å². The van der Waals surface area contributed by atoms with Gasteiger partial charge in [0.1, 0.15) is 48.7 Å². The van der Waals surface area contributed by atoms with Gasteiger partial charge in [-0.05, 0) is 0 Å². The number of ether oxygens (including phenoxy) is 4. The van der Waals surface area contributed by atoms with E-state index in [2.05, 4.69) is 10.6 Å². The van der Waals surface area contributed by atoms with Gasteiger partial charge in [0.15, 0.2) is 12.6 Å². The monoisotopic (exact) mass is 406 g/mol. The third-order valence-electron chi connectivity index (χ3n) is 4.97. The first-order valence-corrected chi connectivity index (χ1v) is 8.99. The summed E-state index contributed by atoms with van der Waals surface area (Å²) < 4.78 is 22.5. The zero-order valence-corrected chi connectivity index (χ0v) is 15.4. The van der Waals surface area contributed by atoms with Gasteiger partial charge in [0.2, 0.25) is 11.8 Å². The van der Waals surface area contributed by atoms with E-state index >= 15 is 0 Å². The lowest BCUT2D eigenvalue weighted by Crippen LogP contribution is -2.69. The smallest absolute Gasteiger partial charge is 0.217 e. The van der Waals surface area contributed by atoms with Crippen LogP contribution in [-0.2, 0) is 28.5 Å². The summed E-state index contributed by atoms with van der Waals surface area (Å²) in [5.74, 6) is -0.988. The third kappa shape index (κ3) is 4.28. The van der Waals surface area contributed by atoms with Crippen LogP contribution in [-0.4, -0.2) is 107 Å². The summed E-state index contributed by atoms with van der Waals surface area (Å²) in [5.41, 5.74) is 0. The van der Waals surface area contributed by atoms with Gasteiger partial charge in [-0.3, -0.25) is 9.59 Å². The van der Waals surface area contributed by atoms with Gasteiger partial charge in [0.25, 0.3) is 0 Å². The molecule has 3 saturated heterocycles. The summed E-state index contributed by atoms with van der Waals surface area (Å²) in [4.78, 5) is 23.0. The zero-order valence-electron chi connectivity index (χ0n) is 15.4. The van der Waals surface area contributed by atoms with E-state index in [9.17, 15) is 30.0 Å². The molecule has 3 fully saturated rings. The largest absolute Gasteiger partial charge is 0.388 e. The highest BCUT2D eigenvalue weighted by Gasteiger charge is 2.52. The van der Waals surface area contributed by atoms with Gasteiger partial charge in [-0.2, -0.15) is 0 Å². The minimum atomic E-state index is -1.43. The normalized spacial score (nSPS) is 46.4. The predicted molar refractivity (Wildman–Crippen MR) is 88.5 cm³/mol. The van der Waals surface area contributed by atoms with Crippen molar-refractivity contribution in [3.63, 3.8) is 0 Å². The number of nitrogens with one attached hydrogen (secondary N) is 2. The van der Waals surface area contributed by atoms with Crippen LogP contribution in [0.15, 0.2) is 0 Å². The molecule has 3 aliphatic heterocycles. The average Bonchev–Trinajstić information content (AvgIpc) is 2.62. The molecule has 0 spiro atoms. The van der Waals surface area contributed by atoms with E-state index < -0.39 is 73.1 Å². The van der Waals surface area contributed by atoms with Crippen LogP contribution >= 0.6 is 0 Å². The van der Waals surface area contributed by atoms with Gasteiger partial charge < -0.3 is 50.0 Å². The summed E-state index contributed by atoms with van der Waals surface area (Å²) in [6.45, 7) is 2.16. The van der Waals surface area contributed by atoms with Crippen LogP contribution in [0.25, 0.3) is 0 Å². The standard InChI is InChI=1S/C16H26N2O10/c1-5(19)17-9-13(23)11(21)7-3-25-4-8-12(22)14(24)10(18-6(2)20)16(27-8)28-15(9)26-7/h7-16,21-24H,3-4H2,1-2H3,(H,17,19)(H,18,20)/t7-,8-,9-,10-,11-,12-,13-,14-,15+,16+/m1/s1. The fourth-order valence-electron chi connectivity index (χ4n) is 3.58. The number of carbonyl (C=O) groups is 2. The lowest BCUT2D eigenvalue weighted by atomic mass is 9.95. The molecule has 0 aromatic carbocycles. The summed E-state index contributed by atoms with van der Waals surface area (Å²) >= 11 is 0. The number of amides is 2. The molecule has 0 saturated carbocycles. The lowest BCUT2D eigenvalue weighted by molar-refractivity contribution is -0.358. The maximum Gasteiger partial charge on any atom is 0.217 e. The molecule has 3 aliphatic rings. The van der Waals surface area contributed by atoms with Crippen molar-refractivity contribution in [2.75, 3.05) is 13.2 Å². The number of rotatable bonds is 2. The van der Waals surface area contributed by atoms with E-state index in [-0.39, 0.29) is 13.2 Å². The van der Waals surface area contributed by atoms with Gasteiger partial charge in [-0.1, -0.05) is 0 Å².